The van der Waals surface area contributed by atoms with Crippen LogP contribution >= 0.6 is 24.0 Å². The molecular weight excluding hydrogens is 363 g/mol. The smallest absolute Gasteiger partial charge is 0.250 e. The zero-order chi connectivity index (χ0) is 17.9. The molecule has 140 valence electrons. The minimum atomic E-state index is -0.594. The van der Waals surface area contributed by atoms with Crippen molar-refractivity contribution in [2.24, 2.45) is 16.9 Å². The third kappa shape index (κ3) is 5.85. The van der Waals surface area contributed by atoms with Gasteiger partial charge in [-0.25, -0.2) is 0 Å². The predicted octanol–water partition coefficient (Wildman–Crippen LogP) is 2.25. The van der Waals surface area contributed by atoms with Crippen LogP contribution in [0.4, 0.5) is 5.69 Å². The largest absolute Gasteiger partial charge is 0.366 e. The molecule has 2 amide bonds. The first kappa shape index (κ1) is 21.7. The van der Waals surface area contributed by atoms with Crippen LogP contribution in [0.2, 0.25) is 5.02 Å². The van der Waals surface area contributed by atoms with Crippen molar-refractivity contribution in [3.05, 3.63) is 28.8 Å². The molecule has 1 aromatic rings. The van der Waals surface area contributed by atoms with Gasteiger partial charge in [0.15, 0.2) is 0 Å². The molecule has 0 aromatic heterocycles. The number of amides is 2. The molecule has 1 unspecified atom stereocenters. The van der Waals surface area contributed by atoms with Crippen molar-refractivity contribution in [3.63, 3.8) is 0 Å². The van der Waals surface area contributed by atoms with Crippen LogP contribution in [-0.2, 0) is 4.79 Å². The predicted molar refractivity (Wildman–Crippen MR) is 103 cm³/mol. The molecule has 0 spiro atoms. The maximum absolute atomic E-state index is 12.1. The van der Waals surface area contributed by atoms with E-state index in [1.54, 1.807) is 6.07 Å². The van der Waals surface area contributed by atoms with Crippen molar-refractivity contribution in [1.82, 2.24) is 4.90 Å². The van der Waals surface area contributed by atoms with E-state index in [4.69, 9.17) is 23.1 Å². The number of nitrogens with zero attached hydrogens (tertiary/aromatic N) is 1. The average molecular weight is 389 g/mol. The van der Waals surface area contributed by atoms with Gasteiger partial charge in [0.25, 0.3) is 0 Å². The lowest BCUT2D eigenvalue weighted by molar-refractivity contribution is -0.116. The lowest BCUT2D eigenvalue weighted by atomic mass is 9.80. The second-order valence-electron chi connectivity index (χ2n) is 7.02. The van der Waals surface area contributed by atoms with Crippen LogP contribution in [0.3, 0.4) is 0 Å². The van der Waals surface area contributed by atoms with E-state index in [1.807, 2.05) is 0 Å². The van der Waals surface area contributed by atoms with Gasteiger partial charge in [0.05, 0.1) is 10.6 Å². The highest BCUT2D eigenvalue weighted by atomic mass is 35.5. The summed E-state index contributed by atoms with van der Waals surface area (Å²) in [5.41, 5.74) is 12.2. The summed E-state index contributed by atoms with van der Waals surface area (Å²) >= 11 is 5.98. The van der Waals surface area contributed by atoms with Gasteiger partial charge in [-0.2, -0.15) is 0 Å². The highest BCUT2D eigenvalue weighted by Crippen LogP contribution is 2.27. The number of nitrogens with one attached hydrogen (secondary N) is 1. The number of benzene rings is 1. The SMILES string of the molecule is CC1(C)CN(CCC(=O)Nc2ccc(C(N)=O)c(Cl)c2)CCC1N.Cl. The van der Waals surface area contributed by atoms with Crippen LogP contribution in [0.5, 0.6) is 0 Å². The fourth-order valence-corrected chi connectivity index (χ4v) is 3.23. The van der Waals surface area contributed by atoms with E-state index < -0.39 is 5.91 Å². The van der Waals surface area contributed by atoms with E-state index >= 15 is 0 Å². The summed E-state index contributed by atoms with van der Waals surface area (Å²) in [5.74, 6) is -0.686. The van der Waals surface area contributed by atoms with E-state index in [1.165, 1.54) is 12.1 Å². The van der Waals surface area contributed by atoms with Gasteiger partial charge in [0.1, 0.15) is 0 Å². The fraction of sp³-hybridized carbons (Fsp3) is 0.529. The summed E-state index contributed by atoms with van der Waals surface area (Å²) in [6, 6.07) is 4.86. The van der Waals surface area contributed by atoms with Crippen LogP contribution in [0.1, 0.15) is 37.0 Å². The number of likely N-dealkylation sites (tertiary alicyclic amines) is 1. The number of nitrogens with two attached hydrogens (primary N) is 2. The Bertz CT molecular complexity index is 637. The van der Waals surface area contributed by atoms with Crippen LogP contribution in [-0.4, -0.2) is 42.4 Å². The summed E-state index contributed by atoms with van der Waals surface area (Å²) in [4.78, 5) is 25.5. The van der Waals surface area contributed by atoms with Gasteiger partial charge < -0.3 is 21.7 Å². The topological polar surface area (TPSA) is 101 Å². The first-order valence-electron chi connectivity index (χ1n) is 8.06. The molecule has 0 saturated carbocycles. The molecule has 1 aliphatic heterocycles. The Morgan fingerprint density at radius 1 is 1.40 bits per heavy atom. The number of hydrogen-bond donors (Lipinski definition) is 3. The second kappa shape index (κ2) is 8.85. The van der Waals surface area contributed by atoms with Gasteiger partial charge in [-0.15, -0.1) is 12.4 Å². The second-order valence-corrected chi connectivity index (χ2v) is 7.42. The number of anilines is 1. The van der Waals surface area contributed by atoms with Crippen LogP contribution < -0.4 is 16.8 Å². The molecule has 5 N–H and O–H groups in total. The third-order valence-electron chi connectivity index (χ3n) is 4.56. The minimum Gasteiger partial charge on any atom is -0.366 e. The molecule has 1 aromatic carbocycles. The van der Waals surface area contributed by atoms with Crippen molar-refractivity contribution in [2.75, 3.05) is 25.0 Å². The molecule has 1 atom stereocenters. The van der Waals surface area contributed by atoms with E-state index in [0.717, 1.165) is 19.5 Å². The first-order chi connectivity index (χ1) is 11.2. The monoisotopic (exact) mass is 388 g/mol. The quantitative estimate of drug-likeness (QED) is 0.719. The Morgan fingerprint density at radius 2 is 2.08 bits per heavy atom. The lowest BCUT2D eigenvalue weighted by Gasteiger charge is -2.42. The highest BCUT2D eigenvalue weighted by Gasteiger charge is 2.33. The van der Waals surface area contributed by atoms with Crippen molar-refractivity contribution in [3.8, 4) is 0 Å². The first-order valence-corrected chi connectivity index (χ1v) is 8.44. The van der Waals surface area contributed by atoms with Gasteiger partial charge in [-0.05, 0) is 36.6 Å². The Hall–Kier alpha value is -1.34. The fourth-order valence-electron chi connectivity index (χ4n) is 2.95. The number of primary amides is 1. The van der Waals surface area contributed by atoms with Crippen LogP contribution in [0, 0.1) is 5.41 Å². The van der Waals surface area contributed by atoms with Crippen LogP contribution in [0.15, 0.2) is 18.2 Å². The van der Waals surface area contributed by atoms with Crippen molar-refractivity contribution in [2.45, 2.75) is 32.7 Å². The normalized spacial score (nSPS) is 19.8. The summed E-state index contributed by atoms with van der Waals surface area (Å²) < 4.78 is 0. The van der Waals surface area contributed by atoms with Gasteiger partial charge in [0, 0.05) is 31.2 Å². The molecule has 8 heteroatoms. The highest BCUT2D eigenvalue weighted by molar-refractivity contribution is 6.34. The van der Waals surface area contributed by atoms with Crippen molar-refractivity contribution in [1.29, 1.82) is 0 Å². The van der Waals surface area contributed by atoms with Gasteiger partial charge >= 0.3 is 0 Å². The summed E-state index contributed by atoms with van der Waals surface area (Å²) in [5, 5.41) is 3.02. The summed E-state index contributed by atoms with van der Waals surface area (Å²) in [6.07, 6.45) is 1.33. The number of piperidine rings is 1. The van der Waals surface area contributed by atoms with Crippen molar-refractivity contribution >= 4 is 41.5 Å². The molecule has 6 nitrogen and oxygen atoms in total. The molecule has 0 aliphatic carbocycles. The standard InChI is InChI=1S/C17H25ClN4O2.ClH/c1-17(2)10-22(7-5-14(17)19)8-6-15(23)21-11-3-4-12(16(20)24)13(18)9-11;/h3-4,9,14H,5-8,10,19H2,1-2H3,(H2,20,24)(H,21,23);1H. The Balaban J connectivity index is 0.00000312. The number of carbonyl (C=O) groups is 2. The number of carbonyl (C=O) groups excluding carboxylic acids is 2. The number of halogens is 2. The zero-order valence-electron chi connectivity index (χ0n) is 14.5. The minimum absolute atomic E-state index is 0. The molecule has 0 radical (unpaired) electrons. The lowest BCUT2D eigenvalue weighted by Crippen LogP contribution is -2.52. The maximum atomic E-state index is 12.1. The molecule has 1 heterocycles. The number of hydrogen-bond acceptors (Lipinski definition) is 4. The molecule has 0 bridgehead atoms. The van der Waals surface area contributed by atoms with E-state index in [2.05, 4.69) is 24.1 Å². The van der Waals surface area contributed by atoms with Crippen LogP contribution in [0.25, 0.3) is 0 Å². The molecule has 1 aliphatic rings. The molecule has 1 fully saturated rings. The van der Waals surface area contributed by atoms with E-state index in [9.17, 15) is 9.59 Å². The van der Waals surface area contributed by atoms with Gasteiger partial charge in [-0.3, -0.25) is 9.59 Å². The third-order valence-corrected chi connectivity index (χ3v) is 4.88. The van der Waals surface area contributed by atoms with E-state index in [0.29, 0.717) is 18.7 Å². The summed E-state index contributed by atoms with van der Waals surface area (Å²) in [7, 11) is 0. The molecule has 2 rings (SSSR count). The Kier molecular flexibility index (Phi) is 7.68. The zero-order valence-corrected chi connectivity index (χ0v) is 16.1. The van der Waals surface area contributed by atoms with Gasteiger partial charge in [-0.1, -0.05) is 25.4 Å². The summed E-state index contributed by atoms with van der Waals surface area (Å²) in [6.45, 7) is 6.81. The van der Waals surface area contributed by atoms with Gasteiger partial charge in [0.2, 0.25) is 11.8 Å². The molecular formula is C17H26Cl2N4O2. The van der Waals surface area contributed by atoms with Crippen molar-refractivity contribution < 1.29 is 9.59 Å². The average Bonchev–Trinajstić information content (AvgIpc) is 2.48. The van der Waals surface area contributed by atoms with E-state index in [-0.39, 0.29) is 40.4 Å². The maximum Gasteiger partial charge on any atom is 0.250 e. The Labute approximate surface area is 159 Å². The number of rotatable bonds is 5. The molecule has 1 saturated heterocycles. The Morgan fingerprint density at radius 3 is 2.64 bits per heavy atom. The molecule has 25 heavy (non-hydrogen) atoms.